The first-order valence-electron chi connectivity index (χ1n) is 8.65. The molecule has 0 bridgehead atoms. The van der Waals surface area contributed by atoms with Crippen molar-refractivity contribution in [1.29, 1.82) is 0 Å². The van der Waals surface area contributed by atoms with Crippen LogP contribution in [0.2, 0.25) is 0 Å². The Kier molecular flexibility index (Phi) is 15.3. The molecule has 0 aromatic heterocycles. The Morgan fingerprint density at radius 1 is 0.905 bits per heavy atom. The average Bonchev–Trinajstić information content (AvgIpc) is 2.50. The van der Waals surface area contributed by atoms with E-state index < -0.39 is 6.10 Å². The molecule has 0 spiro atoms. The summed E-state index contributed by atoms with van der Waals surface area (Å²) in [5.41, 5.74) is 0. The van der Waals surface area contributed by atoms with Crippen LogP contribution in [0.25, 0.3) is 0 Å². The van der Waals surface area contributed by atoms with E-state index in [2.05, 4.69) is 6.92 Å². The molecular formula is C17H34O4. The van der Waals surface area contributed by atoms with E-state index in [0.29, 0.717) is 6.42 Å². The minimum Gasteiger partial charge on any atom is -0.463 e. The number of aliphatic hydroxyl groups is 2. The highest BCUT2D eigenvalue weighted by molar-refractivity contribution is 5.69. The number of hydrogen-bond donors (Lipinski definition) is 2. The molecule has 0 radical (unpaired) electrons. The maximum absolute atomic E-state index is 11.3. The van der Waals surface area contributed by atoms with Crippen LogP contribution in [-0.2, 0) is 9.53 Å². The molecule has 4 heteroatoms. The van der Waals surface area contributed by atoms with E-state index in [0.717, 1.165) is 12.8 Å². The number of esters is 1. The number of carbonyl (C=O) groups is 1. The summed E-state index contributed by atoms with van der Waals surface area (Å²) in [6.07, 6.45) is 13.2. The Balaban J connectivity index is 3.16. The Hall–Kier alpha value is -0.610. The second-order valence-electron chi connectivity index (χ2n) is 5.80. The quantitative estimate of drug-likeness (QED) is 0.358. The SMILES string of the molecule is CCCCCCCCCCCCCC(=O)OC[C@@H](O)CO. The molecule has 0 aromatic rings. The third kappa shape index (κ3) is 15.6. The van der Waals surface area contributed by atoms with Crippen LogP contribution in [0, 0.1) is 0 Å². The summed E-state index contributed by atoms with van der Waals surface area (Å²) >= 11 is 0. The van der Waals surface area contributed by atoms with Crippen molar-refractivity contribution < 1.29 is 19.7 Å². The molecule has 0 heterocycles. The van der Waals surface area contributed by atoms with E-state index >= 15 is 0 Å². The minimum atomic E-state index is -0.953. The molecule has 0 saturated heterocycles. The van der Waals surface area contributed by atoms with Gasteiger partial charge in [0.15, 0.2) is 0 Å². The van der Waals surface area contributed by atoms with Crippen molar-refractivity contribution >= 4 is 5.97 Å². The second kappa shape index (κ2) is 15.8. The minimum absolute atomic E-state index is 0.104. The Labute approximate surface area is 129 Å². The summed E-state index contributed by atoms with van der Waals surface area (Å²) in [7, 11) is 0. The van der Waals surface area contributed by atoms with Crippen molar-refractivity contribution in [2.45, 2.75) is 90.1 Å². The number of rotatable bonds is 15. The van der Waals surface area contributed by atoms with Gasteiger partial charge in [0.05, 0.1) is 6.61 Å². The van der Waals surface area contributed by atoms with Gasteiger partial charge in [-0.3, -0.25) is 4.79 Å². The van der Waals surface area contributed by atoms with Crippen LogP contribution in [0.5, 0.6) is 0 Å². The van der Waals surface area contributed by atoms with Crippen LogP contribution in [-0.4, -0.2) is 35.5 Å². The predicted octanol–water partition coefficient (Wildman–Crippen LogP) is 3.58. The molecule has 2 N–H and O–H groups in total. The van der Waals surface area contributed by atoms with E-state index in [1.165, 1.54) is 57.8 Å². The lowest BCUT2D eigenvalue weighted by atomic mass is 10.1. The number of aliphatic hydroxyl groups excluding tert-OH is 2. The van der Waals surface area contributed by atoms with Crippen molar-refractivity contribution in [3.8, 4) is 0 Å². The van der Waals surface area contributed by atoms with Crippen molar-refractivity contribution in [2.75, 3.05) is 13.2 Å². The third-order valence-electron chi connectivity index (χ3n) is 3.63. The lowest BCUT2D eigenvalue weighted by Crippen LogP contribution is -2.21. The van der Waals surface area contributed by atoms with Crippen molar-refractivity contribution in [2.24, 2.45) is 0 Å². The molecule has 0 aromatic carbocycles. The van der Waals surface area contributed by atoms with Crippen LogP contribution >= 0.6 is 0 Å². The Morgan fingerprint density at radius 2 is 1.38 bits per heavy atom. The number of unbranched alkanes of at least 4 members (excludes halogenated alkanes) is 10. The molecule has 0 aliphatic heterocycles. The van der Waals surface area contributed by atoms with Crippen molar-refractivity contribution in [3.63, 3.8) is 0 Å². The van der Waals surface area contributed by atoms with Gasteiger partial charge in [-0.2, -0.15) is 0 Å². The molecule has 0 saturated carbocycles. The number of ether oxygens (including phenoxy) is 1. The first kappa shape index (κ1) is 20.4. The molecular weight excluding hydrogens is 268 g/mol. The molecule has 0 aliphatic rings. The van der Waals surface area contributed by atoms with Crippen LogP contribution in [0.15, 0.2) is 0 Å². The second-order valence-corrected chi connectivity index (χ2v) is 5.80. The van der Waals surface area contributed by atoms with E-state index in [1.54, 1.807) is 0 Å². The highest BCUT2D eigenvalue weighted by Crippen LogP contribution is 2.12. The molecule has 4 nitrogen and oxygen atoms in total. The molecule has 0 rings (SSSR count). The monoisotopic (exact) mass is 302 g/mol. The summed E-state index contributed by atoms with van der Waals surface area (Å²) in [6, 6.07) is 0. The molecule has 21 heavy (non-hydrogen) atoms. The summed E-state index contributed by atoms with van der Waals surface area (Å²) in [5, 5.41) is 17.6. The van der Waals surface area contributed by atoms with Gasteiger partial charge < -0.3 is 14.9 Å². The Bertz CT molecular complexity index is 231. The smallest absolute Gasteiger partial charge is 0.305 e. The van der Waals surface area contributed by atoms with Gasteiger partial charge in [0.1, 0.15) is 12.7 Å². The fourth-order valence-corrected chi connectivity index (χ4v) is 2.25. The van der Waals surface area contributed by atoms with Crippen molar-refractivity contribution in [1.82, 2.24) is 0 Å². The molecule has 126 valence electrons. The van der Waals surface area contributed by atoms with E-state index in [4.69, 9.17) is 14.9 Å². The zero-order valence-electron chi connectivity index (χ0n) is 13.7. The first-order chi connectivity index (χ1) is 10.2. The average molecular weight is 302 g/mol. The topological polar surface area (TPSA) is 66.8 Å². The molecule has 0 aliphatic carbocycles. The largest absolute Gasteiger partial charge is 0.463 e. The number of carbonyl (C=O) groups excluding carboxylic acids is 1. The van der Waals surface area contributed by atoms with Gasteiger partial charge in [0.25, 0.3) is 0 Å². The highest BCUT2D eigenvalue weighted by atomic mass is 16.5. The normalized spacial score (nSPS) is 12.3. The first-order valence-corrected chi connectivity index (χ1v) is 8.65. The summed E-state index contributed by atoms with van der Waals surface area (Å²) in [5.74, 6) is -0.279. The summed E-state index contributed by atoms with van der Waals surface area (Å²) in [6.45, 7) is 1.77. The summed E-state index contributed by atoms with van der Waals surface area (Å²) in [4.78, 5) is 11.3. The van der Waals surface area contributed by atoms with Crippen LogP contribution in [0.4, 0.5) is 0 Å². The third-order valence-corrected chi connectivity index (χ3v) is 3.63. The van der Waals surface area contributed by atoms with Gasteiger partial charge in [-0.1, -0.05) is 71.1 Å². The zero-order chi connectivity index (χ0) is 15.8. The zero-order valence-corrected chi connectivity index (χ0v) is 13.7. The molecule has 1 atom stereocenters. The van der Waals surface area contributed by atoms with Crippen LogP contribution < -0.4 is 0 Å². The van der Waals surface area contributed by atoms with Gasteiger partial charge in [-0.15, -0.1) is 0 Å². The fourth-order valence-electron chi connectivity index (χ4n) is 2.25. The van der Waals surface area contributed by atoms with Gasteiger partial charge in [0.2, 0.25) is 0 Å². The molecule has 0 fully saturated rings. The lowest BCUT2D eigenvalue weighted by Gasteiger charge is -2.08. The molecule has 0 amide bonds. The maximum atomic E-state index is 11.3. The van der Waals surface area contributed by atoms with Crippen LogP contribution in [0.1, 0.15) is 84.0 Å². The van der Waals surface area contributed by atoms with E-state index in [9.17, 15) is 4.79 Å². The Morgan fingerprint density at radius 3 is 1.86 bits per heavy atom. The van der Waals surface area contributed by atoms with Gasteiger partial charge >= 0.3 is 5.97 Å². The highest BCUT2D eigenvalue weighted by Gasteiger charge is 2.07. The fraction of sp³-hybridized carbons (Fsp3) is 0.941. The van der Waals surface area contributed by atoms with E-state index in [-0.39, 0.29) is 19.2 Å². The molecule has 0 unspecified atom stereocenters. The van der Waals surface area contributed by atoms with Gasteiger partial charge in [0, 0.05) is 6.42 Å². The van der Waals surface area contributed by atoms with Gasteiger partial charge in [-0.25, -0.2) is 0 Å². The van der Waals surface area contributed by atoms with Gasteiger partial charge in [-0.05, 0) is 6.42 Å². The lowest BCUT2D eigenvalue weighted by molar-refractivity contribution is -0.147. The van der Waals surface area contributed by atoms with Crippen LogP contribution in [0.3, 0.4) is 0 Å². The van der Waals surface area contributed by atoms with E-state index in [1.807, 2.05) is 0 Å². The predicted molar refractivity (Wildman–Crippen MR) is 85.1 cm³/mol. The van der Waals surface area contributed by atoms with Crippen molar-refractivity contribution in [3.05, 3.63) is 0 Å². The summed E-state index contributed by atoms with van der Waals surface area (Å²) < 4.78 is 4.84. The maximum Gasteiger partial charge on any atom is 0.305 e. The number of hydrogen-bond acceptors (Lipinski definition) is 4. The standard InChI is InChI=1S/C17H34O4/c1-2-3-4-5-6-7-8-9-10-11-12-13-17(20)21-15-16(19)14-18/h16,18-19H,2-15H2,1H3/t16-/m0/s1.